The minimum absolute atomic E-state index is 0.198. The monoisotopic (exact) mass is 207 g/mol. The lowest BCUT2D eigenvalue weighted by Gasteiger charge is -2.03. The van der Waals surface area contributed by atoms with Gasteiger partial charge in [0.1, 0.15) is 5.82 Å². The van der Waals surface area contributed by atoms with E-state index in [1.54, 1.807) is 12.1 Å². The van der Waals surface area contributed by atoms with Crippen molar-refractivity contribution in [2.45, 2.75) is 13.5 Å². The number of aryl methyl sites for hydroxylation is 1. The van der Waals surface area contributed by atoms with Crippen molar-refractivity contribution in [3.63, 3.8) is 0 Å². The summed E-state index contributed by atoms with van der Waals surface area (Å²) in [5, 5.41) is 0.923. The summed E-state index contributed by atoms with van der Waals surface area (Å²) in [6.07, 6.45) is 0. The van der Waals surface area contributed by atoms with Crippen LogP contribution in [0.5, 0.6) is 0 Å². The van der Waals surface area contributed by atoms with Gasteiger partial charge in [-0.25, -0.2) is 4.39 Å². The van der Waals surface area contributed by atoms with Gasteiger partial charge in [-0.15, -0.1) is 0 Å². The molecule has 0 aliphatic carbocycles. The second kappa shape index (κ2) is 4.03. The van der Waals surface area contributed by atoms with Crippen LogP contribution in [0.4, 0.5) is 4.39 Å². The summed E-state index contributed by atoms with van der Waals surface area (Å²) in [5.74, 6) is -0.198. The van der Waals surface area contributed by atoms with Crippen LogP contribution >= 0.6 is 0 Å². The minimum atomic E-state index is -0.198. The Labute approximate surface area is 88.3 Å². The molecule has 0 amide bonds. The maximum Gasteiger partial charge on any atom is 0.123 e. The van der Waals surface area contributed by atoms with Gasteiger partial charge in [0.15, 0.2) is 0 Å². The normalized spacial score (nSPS) is 11.1. The zero-order chi connectivity index (χ0) is 10.8. The Hall–Kier alpha value is -1.35. The number of hydrogen-bond acceptors (Lipinski definition) is 1. The van der Waals surface area contributed by atoms with Crippen molar-refractivity contribution >= 4 is 10.9 Å². The Morgan fingerprint density at radius 2 is 2.13 bits per heavy atom. The van der Waals surface area contributed by atoms with E-state index in [1.807, 2.05) is 24.6 Å². The topological polar surface area (TPSA) is 14.2 Å². The maximum absolute atomic E-state index is 13.0. The Morgan fingerprint density at radius 3 is 2.87 bits per heavy atom. The van der Waals surface area contributed by atoms with Crippen LogP contribution < -0.4 is 0 Å². The van der Waals surface area contributed by atoms with Gasteiger partial charge < -0.3 is 9.30 Å². The van der Waals surface area contributed by atoms with Gasteiger partial charge in [0.05, 0.1) is 6.61 Å². The van der Waals surface area contributed by atoms with Gasteiger partial charge in [-0.2, -0.15) is 0 Å². The molecular formula is C12H14FNO. The highest BCUT2D eigenvalue weighted by molar-refractivity contribution is 5.81. The van der Waals surface area contributed by atoms with E-state index in [4.69, 9.17) is 4.74 Å². The molecule has 0 saturated carbocycles. The average Bonchev–Trinajstić information content (AvgIpc) is 2.52. The van der Waals surface area contributed by atoms with Crippen molar-refractivity contribution in [1.29, 1.82) is 0 Å². The third-order valence-corrected chi connectivity index (χ3v) is 2.56. The molecule has 0 N–H and O–H groups in total. The van der Waals surface area contributed by atoms with Crippen LogP contribution in [0.15, 0.2) is 24.3 Å². The second-order valence-electron chi connectivity index (χ2n) is 3.53. The first-order valence-corrected chi connectivity index (χ1v) is 5.04. The average molecular weight is 207 g/mol. The summed E-state index contributed by atoms with van der Waals surface area (Å²) in [5.41, 5.74) is 2.10. The molecule has 0 fully saturated rings. The Bertz CT molecular complexity index is 476. The van der Waals surface area contributed by atoms with E-state index < -0.39 is 0 Å². The number of aromatic nitrogens is 1. The molecule has 0 bridgehead atoms. The molecule has 15 heavy (non-hydrogen) atoms. The van der Waals surface area contributed by atoms with Crippen LogP contribution in [0, 0.1) is 5.82 Å². The molecule has 0 aliphatic heterocycles. The predicted molar refractivity (Wildman–Crippen MR) is 58.2 cm³/mol. The van der Waals surface area contributed by atoms with Crippen molar-refractivity contribution in [1.82, 2.24) is 4.57 Å². The summed E-state index contributed by atoms with van der Waals surface area (Å²) in [7, 11) is 1.97. The largest absolute Gasteiger partial charge is 0.376 e. The SMILES string of the molecule is CCOCc1cc2cc(F)ccc2n1C. The van der Waals surface area contributed by atoms with Crippen molar-refractivity contribution in [2.24, 2.45) is 7.05 Å². The first kappa shape index (κ1) is 10.2. The highest BCUT2D eigenvalue weighted by Gasteiger charge is 2.05. The molecular weight excluding hydrogens is 193 g/mol. The molecule has 0 unspecified atom stereocenters. The van der Waals surface area contributed by atoms with Crippen LogP contribution in [-0.4, -0.2) is 11.2 Å². The molecule has 2 aromatic rings. The van der Waals surface area contributed by atoms with Gasteiger partial charge in [-0.05, 0) is 31.2 Å². The van der Waals surface area contributed by atoms with E-state index in [9.17, 15) is 4.39 Å². The third kappa shape index (κ3) is 1.88. The summed E-state index contributed by atoms with van der Waals surface area (Å²) in [6.45, 7) is 3.22. The van der Waals surface area contributed by atoms with Crippen molar-refractivity contribution in [3.05, 3.63) is 35.8 Å². The lowest BCUT2D eigenvalue weighted by Crippen LogP contribution is -1.98. The van der Waals surface area contributed by atoms with E-state index in [2.05, 4.69) is 0 Å². The summed E-state index contributed by atoms with van der Waals surface area (Å²) < 4.78 is 20.4. The van der Waals surface area contributed by atoms with E-state index >= 15 is 0 Å². The van der Waals surface area contributed by atoms with Gasteiger partial charge in [0, 0.05) is 30.3 Å². The lowest BCUT2D eigenvalue weighted by molar-refractivity contribution is 0.129. The van der Waals surface area contributed by atoms with Crippen LogP contribution in [0.1, 0.15) is 12.6 Å². The van der Waals surface area contributed by atoms with Crippen LogP contribution in [0.3, 0.4) is 0 Å². The van der Waals surface area contributed by atoms with Crippen molar-refractivity contribution in [3.8, 4) is 0 Å². The standard InChI is InChI=1S/C12H14FNO/c1-3-15-8-11-7-9-6-10(13)4-5-12(9)14(11)2/h4-7H,3,8H2,1-2H3. The van der Waals surface area contributed by atoms with E-state index in [1.165, 1.54) is 6.07 Å². The van der Waals surface area contributed by atoms with Gasteiger partial charge in [-0.3, -0.25) is 0 Å². The molecule has 80 valence electrons. The lowest BCUT2D eigenvalue weighted by atomic mass is 10.2. The molecule has 1 aromatic carbocycles. The summed E-state index contributed by atoms with van der Waals surface area (Å²) in [6, 6.07) is 6.78. The fraction of sp³-hybridized carbons (Fsp3) is 0.333. The number of fused-ring (bicyclic) bond motifs is 1. The van der Waals surface area contributed by atoms with E-state index in [0.717, 1.165) is 16.6 Å². The third-order valence-electron chi connectivity index (χ3n) is 2.56. The smallest absolute Gasteiger partial charge is 0.123 e. The second-order valence-corrected chi connectivity index (χ2v) is 3.53. The molecule has 2 nitrogen and oxygen atoms in total. The summed E-state index contributed by atoms with van der Waals surface area (Å²) in [4.78, 5) is 0. The van der Waals surface area contributed by atoms with Gasteiger partial charge in [0.25, 0.3) is 0 Å². The zero-order valence-corrected chi connectivity index (χ0v) is 8.96. The maximum atomic E-state index is 13.0. The van der Waals surface area contributed by atoms with Crippen LogP contribution in [0.25, 0.3) is 10.9 Å². The highest BCUT2D eigenvalue weighted by atomic mass is 19.1. The fourth-order valence-corrected chi connectivity index (χ4v) is 1.72. The van der Waals surface area contributed by atoms with E-state index in [-0.39, 0.29) is 5.82 Å². The molecule has 0 aliphatic rings. The summed E-state index contributed by atoms with van der Waals surface area (Å²) >= 11 is 0. The molecule has 1 aromatic heterocycles. The molecule has 2 rings (SSSR count). The number of ether oxygens (including phenoxy) is 1. The van der Waals surface area contributed by atoms with Crippen molar-refractivity contribution < 1.29 is 9.13 Å². The minimum Gasteiger partial charge on any atom is -0.376 e. The van der Waals surface area contributed by atoms with Gasteiger partial charge >= 0.3 is 0 Å². The Balaban J connectivity index is 2.44. The van der Waals surface area contributed by atoms with Gasteiger partial charge in [-0.1, -0.05) is 0 Å². The molecule has 1 heterocycles. The van der Waals surface area contributed by atoms with Crippen molar-refractivity contribution in [2.75, 3.05) is 6.61 Å². The van der Waals surface area contributed by atoms with Crippen LogP contribution in [-0.2, 0) is 18.4 Å². The number of rotatable bonds is 3. The first-order chi connectivity index (χ1) is 7.22. The number of hydrogen-bond donors (Lipinski definition) is 0. The number of benzene rings is 1. The Morgan fingerprint density at radius 1 is 1.33 bits per heavy atom. The number of nitrogens with zero attached hydrogens (tertiary/aromatic N) is 1. The molecule has 3 heteroatoms. The zero-order valence-electron chi connectivity index (χ0n) is 8.96. The highest BCUT2D eigenvalue weighted by Crippen LogP contribution is 2.20. The fourth-order valence-electron chi connectivity index (χ4n) is 1.72. The molecule has 0 spiro atoms. The molecule has 0 radical (unpaired) electrons. The first-order valence-electron chi connectivity index (χ1n) is 5.04. The predicted octanol–water partition coefficient (Wildman–Crippen LogP) is 2.85. The van der Waals surface area contributed by atoms with Gasteiger partial charge in [0.2, 0.25) is 0 Å². The molecule has 0 atom stereocenters. The Kier molecular flexibility index (Phi) is 2.73. The molecule has 0 saturated heterocycles. The quantitative estimate of drug-likeness (QED) is 0.754. The van der Waals surface area contributed by atoms with E-state index in [0.29, 0.717) is 13.2 Å². The number of halogens is 1. The van der Waals surface area contributed by atoms with Crippen LogP contribution in [0.2, 0.25) is 0 Å².